The standard InChI is InChI=1S/C22H19Br2N3O3/c1-27-9-8-18-15(11-27)21(14-4-2-3-5-17(14)25-18)22(29)30-12-20(28)26-19-7-6-13(23)10-16(19)24/h2-7,10H,8-9,11-12H2,1H3,(H,26,28). The fourth-order valence-corrected chi connectivity index (χ4v) is 4.68. The number of likely N-dealkylation sites (N-methyl/N-ethyl adjacent to an activating group) is 1. The molecule has 1 aliphatic heterocycles. The Hall–Kier alpha value is -2.29. The van der Waals surface area contributed by atoms with E-state index >= 15 is 0 Å². The summed E-state index contributed by atoms with van der Waals surface area (Å²) in [4.78, 5) is 32.3. The van der Waals surface area contributed by atoms with E-state index in [2.05, 4.69) is 42.1 Å². The predicted molar refractivity (Wildman–Crippen MR) is 123 cm³/mol. The minimum absolute atomic E-state index is 0.372. The van der Waals surface area contributed by atoms with E-state index < -0.39 is 11.9 Å². The number of fused-ring (bicyclic) bond motifs is 2. The molecule has 2 aromatic carbocycles. The Morgan fingerprint density at radius 1 is 1.20 bits per heavy atom. The summed E-state index contributed by atoms with van der Waals surface area (Å²) in [6.45, 7) is 1.13. The van der Waals surface area contributed by atoms with Gasteiger partial charge in [-0.15, -0.1) is 0 Å². The largest absolute Gasteiger partial charge is 0.452 e. The van der Waals surface area contributed by atoms with Crippen LogP contribution in [-0.2, 0) is 22.5 Å². The van der Waals surface area contributed by atoms with E-state index in [1.165, 1.54) is 0 Å². The Kier molecular flexibility index (Phi) is 6.17. The van der Waals surface area contributed by atoms with E-state index in [0.29, 0.717) is 17.8 Å². The monoisotopic (exact) mass is 531 g/mol. The summed E-state index contributed by atoms with van der Waals surface area (Å²) >= 11 is 6.77. The van der Waals surface area contributed by atoms with Gasteiger partial charge in [0.05, 0.1) is 16.8 Å². The summed E-state index contributed by atoms with van der Waals surface area (Å²) in [5.74, 6) is -0.916. The number of benzene rings is 2. The van der Waals surface area contributed by atoms with Crippen LogP contribution >= 0.6 is 31.9 Å². The minimum Gasteiger partial charge on any atom is -0.452 e. The van der Waals surface area contributed by atoms with E-state index in [4.69, 9.17) is 9.72 Å². The number of anilines is 1. The smallest absolute Gasteiger partial charge is 0.339 e. The van der Waals surface area contributed by atoms with Crippen LogP contribution in [0.3, 0.4) is 0 Å². The summed E-state index contributed by atoms with van der Waals surface area (Å²) in [5, 5.41) is 3.49. The second-order valence-corrected chi connectivity index (χ2v) is 8.94. The molecule has 1 amide bonds. The van der Waals surface area contributed by atoms with Gasteiger partial charge in [0, 0.05) is 45.1 Å². The molecule has 0 saturated carbocycles. The maximum atomic E-state index is 13.0. The Bertz CT molecular complexity index is 1150. The van der Waals surface area contributed by atoms with Gasteiger partial charge < -0.3 is 15.0 Å². The molecule has 0 fully saturated rings. The number of amides is 1. The van der Waals surface area contributed by atoms with Crippen molar-refractivity contribution in [1.82, 2.24) is 9.88 Å². The van der Waals surface area contributed by atoms with Gasteiger partial charge in [-0.05, 0) is 47.2 Å². The zero-order valence-corrected chi connectivity index (χ0v) is 19.4. The number of rotatable bonds is 4. The Labute approximate surface area is 190 Å². The summed E-state index contributed by atoms with van der Waals surface area (Å²) in [5.41, 5.74) is 3.66. The molecule has 0 atom stereocenters. The average Bonchev–Trinajstić information content (AvgIpc) is 2.72. The number of nitrogens with one attached hydrogen (secondary N) is 1. The van der Waals surface area contributed by atoms with Gasteiger partial charge in [0.1, 0.15) is 0 Å². The Morgan fingerprint density at radius 3 is 2.80 bits per heavy atom. The highest BCUT2D eigenvalue weighted by atomic mass is 79.9. The van der Waals surface area contributed by atoms with Crippen molar-refractivity contribution in [2.75, 3.05) is 25.5 Å². The highest BCUT2D eigenvalue weighted by molar-refractivity contribution is 9.11. The van der Waals surface area contributed by atoms with Crippen molar-refractivity contribution < 1.29 is 14.3 Å². The van der Waals surface area contributed by atoms with E-state index in [9.17, 15) is 9.59 Å². The molecular formula is C22H19Br2N3O3. The average molecular weight is 533 g/mol. The topological polar surface area (TPSA) is 71.5 Å². The van der Waals surface area contributed by atoms with Gasteiger partial charge in [0.15, 0.2) is 6.61 Å². The maximum Gasteiger partial charge on any atom is 0.339 e. The van der Waals surface area contributed by atoms with Gasteiger partial charge in [0.2, 0.25) is 0 Å². The molecule has 2 heterocycles. The Morgan fingerprint density at radius 2 is 2.00 bits per heavy atom. The van der Waals surface area contributed by atoms with Gasteiger partial charge in [0.25, 0.3) is 5.91 Å². The molecule has 0 radical (unpaired) electrons. The van der Waals surface area contributed by atoms with Crippen molar-refractivity contribution in [3.05, 3.63) is 68.2 Å². The van der Waals surface area contributed by atoms with Crippen LogP contribution in [0.5, 0.6) is 0 Å². The van der Waals surface area contributed by atoms with Crippen molar-refractivity contribution in [1.29, 1.82) is 0 Å². The number of halogens is 2. The lowest BCUT2D eigenvalue weighted by Crippen LogP contribution is -2.30. The van der Waals surface area contributed by atoms with Crippen LogP contribution in [0, 0.1) is 0 Å². The fourth-order valence-electron chi connectivity index (χ4n) is 3.54. The molecule has 8 heteroatoms. The molecule has 0 unspecified atom stereocenters. The molecular weight excluding hydrogens is 514 g/mol. The third-order valence-electron chi connectivity index (χ3n) is 4.98. The SMILES string of the molecule is CN1CCc2nc3ccccc3c(C(=O)OCC(=O)Nc3ccc(Br)cc3Br)c2C1. The van der Waals surface area contributed by atoms with E-state index in [1.807, 2.05) is 43.4 Å². The normalized spacial score (nSPS) is 13.7. The van der Waals surface area contributed by atoms with Gasteiger partial charge in [-0.25, -0.2) is 4.79 Å². The second kappa shape index (κ2) is 8.83. The fraction of sp³-hybridized carbons (Fsp3) is 0.227. The molecule has 3 aromatic rings. The number of ether oxygens (including phenoxy) is 1. The number of aromatic nitrogens is 1. The van der Waals surface area contributed by atoms with Crippen LogP contribution in [0.4, 0.5) is 5.69 Å². The van der Waals surface area contributed by atoms with Gasteiger partial charge in [-0.2, -0.15) is 0 Å². The van der Waals surface area contributed by atoms with Crippen LogP contribution in [-0.4, -0.2) is 42.0 Å². The molecule has 4 rings (SSSR count). The minimum atomic E-state index is -0.509. The molecule has 0 spiro atoms. The molecule has 1 aliphatic rings. The van der Waals surface area contributed by atoms with Crippen molar-refractivity contribution in [2.24, 2.45) is 0 Å². The lowest BCUT2D eigenvalue weighted by atomic mass is 9.96. The highest BCUT2D eigenvalue weighted by Gasteiger charge is 2.25. The number of para-hydroxylation sites is 1. The van der Waals surface area contributed by atoms with E-state index in [0.717, 1.165) is 44.1 Å². The molecule has 30 heavy (non-hydrogen) atoms. The number of carbonyl (C=O) groups excluding carboxylic acids is 2. The summed E-state index contributed by atoms with van der Waals surface area (Å²) in [6, 6.07) is 12.9. The lowest BCUT2D eigenvalue weighted by Gasteiger charge is -2.26. The van der Waals surface area contributed by atoms with Crippen molar-refractivity contribution in [3.63, 3.8) is 0 Å². The van der Waals surface area contributed by atoms with Gasteiger partial charge in [-0.1, -0.05) is 34.1 Å². The first-order valence-electron chi connectivity index (χ1n) is 9.43. The van der Waals surface area contributed by atoms with E-state index in [1.54, 1.807) is 6.07 Å². The van der Waals surface area contributed by atoms with Crippen LogP contribution in [0.1, 0.15) is 21.6 Å². The number of carbonyl (C=O) groups is 2. The molecule has 1 N–H and O–H groups in total. The van der Waals surface area contributed by atoms with Crippen molar-refractivity contribution in [2.45, 2.75) is 13.0 Å². The number of pyridine rings is 1. The summed E-state index contributed by atoms with van der Waals surface area (Å²) in [6.07, 6.45) is 0.773. The van der Waals surface area contributed by atoms with Crippen LogP contribution in [0.15, 0.2) is 51.4 Å². The van der Waals surface area contributed by atoms with Crippen LogP contribution in [0.2, 0.25) is 0 Å². The van der Waals surface area contributed by atoms with Gasteiger partial charge in [-0.3, -0.25) is 9.78 Å². The third-order valence-corrected chi connectivity index (χ3v) is 6.13. The van der Waals surface area contributed by atoms with Crippen LogP contribution < -0.4 is 5.32 Å². The maximum absolute atomic E-state index is 13.0. The quantitative estimate of drug-likeness (QED) is 0.499. The number of hydrogen-bond donors (Lipinski definition) is 1. The zero-order chi connectivity index (χ0) is 21.3. The summed E-state index contributed by atoms with van der Waals surface area (Å²) in [7, 11) is 2.01. The molecule has 1 aromatic heterocycles. The molecule has 0 aliphatic carbocycles. The lowest BCUT2D eigenvalue weighted by molar-refractivity contribution is -0.119. The molecule has 154 valence electrons. The highest BCUT2D eigenvalue weighted by Crippen LogP contribution is 2.29. The molecule has 0 saturated heterocycles. The summed E-state index contributed by atoms with van der Waals surface area (Å²) < 4.78 is 7.03. The van der Waals surface area contributed by atoms with E-state index in [-0.39, 0.29) is 6.61 Å². The predicted octanol–water partition coefficient (Wildman–Crippen LogP) is 4.54. The number of hydrogen-bond acceptors (Lipinski definition) is 5. The number of nitrogens with zero attached hydrogens (tertiary/aromatic N) is 2. The first-order chi connectivity index (χ1) is 14.4. The second-order valence-electron chi connectivity index (χ2n) is 7.17. The third kappa shape index (κ3) is 4.40. The first-order valence-corrected chi connectivity index (χ1v) is 11.0. The first kappa shape index (κ1) is 21.0. The Balaban J connectivity index is 1.56. The zero-order valence-electron chi connectivity index (χ0n) is 16.2. The van der Waals surface area contributed by atoms with Crippen molar-refractivity contribution in [3.8, 4) is 0 Å². The van der Waals surface area contributed by atoms with Crippen molar-refractivity contribution >= 4 is 60.3 Å². The van der Waals surface area contributed by atoms with Crippen LogP contribution in [0.25, 0.3) is 10.9 Å². The number of esters is 1. The van der Waals surface area contributed by atoms with Gasteiger partial charge >= 0.3 is 5.97 Å². The molecule has 0 bridgehead atoms. The molecule has 6 nitrogen and oxygen atoms in total.